The number of aromatic nitrogens is 3. The molecule has 19 heavy (non-hydrogen) atoms. The summed E-state index contributed by atoms with van der Waals surface area (Å²) in [6, 6.07) is 0. The Kier molecular flexibility index (Phi) is 3.25. The minimum Gasteiger partial charge on any atom is -0.262 e. The van der Waals surface area contributed by atoms with Gasteiger partial charge in [0.15, 0.2) is 29.1 Å². The summed E-state index contributed by atoms with van der Waals surface area (Å²) in [7, 11) is 0. The Morgan fingerprint density at radius 1 is 0.842 bits per heavy atom. The van der Waals surface area contributed by atoms with Crippen molar-refractivity contribution in [2.75, 3.05) is 0 Å². The van der Waals surface area contributed by atoms with E-state index in [9.17, 15) is 22.0 Å². The van der Waals surface area contributed by atoms with Gasteiger partial charge in [-0.05, 0) is 0 Å². The lowest BCUT2D eigenvalue weighted by Gasteiger charge is -2.04. The van der Waals surface area contributed by atoms with Crippen molar-refractivity contribution in [2.24, 2.45) is 0 Å². The topological polar surface area (TPSA) is 41.6 Å². The zero-order valence-electron chi connectivity index (χ0n) is 9.86. The van der Waals surface area contributed by atoms with E-state index in [-0.39, 0.29) is 11.7 Å². The Labute approximate surface area is 104 Å². The first-order valence-corrected chi connectivity index (χ1v) is 5.28. The van der Waals surface area contributed by atoms with Gasteiger partial charge in [-0.2, -0.15) is 5.10 Å². The summed E-state index contributed by atoms with van der Waals surface area (Å²) >= 11 is 0. The molecule has 0 bridgehead atoms. The lowest BCUT2D eigenvalue weighted by molar-refractivity contribution is 0.381. The number of hydrogen-bond acceptors (Lipinski definition) is 2. The van der Waals surface area contributed by atoms with Crippen LogP contribution in [-0.2, 0) is 0 Å². The molecule has 1 aromatic heterocycles. The summed E-state index contributed by atoms with van der Waals surface area (Å²) < 4.78 is 65.9. The molecule has 0 spiro atoms. The predicted octanol–water partition coefficient (Wildman–Crippen LogP) is 3.29. The van der Waals surface area contributed by atoms with E-state index in [0.717, 1.165) is 0 Å². The molecule has 1 heterocycles. The molecule has 0 saturated carbocycles. The maximum atomic E-state index is 13.5. The number of H-pyrrole nitrogens is 1. The molecule has 2 rings (SSSR count). The molecule has 0 atom stereocenters. The van der Waals surface area contributed by atoms with Crippen LogP contribution in [0.1, 0.15) is 25.6 Å². The average Bonchev–Trinajstić information content (AvgIpc) is 2.84. The number of nitrogens with one attached hydrogen (secondary N) is 1. The monoisotopic (exact) mass is 277 g/mol. The van der Waals surface area contributed by atoms with Gasteiger partial charge in [-0.3, -0.25) is 5.10 Å². The van der Waals surface area contributed by atoms with Crippen LogP contribution in [0.3, 0.4) is 0 Å². The molecule has 102 valence electrons. The minimum atomic E-state index is -2.21. The molecule has 0 fully saturated rings. The van der Waals surface area contributed by atoms with Crippen LogP contribution >= 0.6 is 0 Å². The fourth-order valence-electron chi connectivity index (χ4n) is 1.45. The highest BCUT2D eigenvalue weighted by Crippen LogP contribution is 2.29. The zero-order valence-corrected chi connectivity index (χ0v) is 9.86. The SMILES string of the molecule is CC(C)c1nc(-c2c(F)c(F)c(F)c(F)c2F)n[nH]1. The van der Waals surface area contributed by atoms with Crippen LogP contribution in [0, 0.1) is 29.1 Å². The Hall–Kier alpha value is -1.99. The molecule has 1 N–H and O–H groups in total. The number of benzene rings is 1. The maximum absolute atomic E-state index is 13.5. The summed E-state index contributed by atoms with van der Waals surface area (Å²) in [6.45, 7) is 3.45. The molecule has 2 aromatic rings. The number of nitrogens with zero attached hydrogens (tertiary/aromatic N) is 2. The summed E-state index contributed by atoms with van der Waals surface area (Å²) in [4.78, 5) is 3.71. The third-order valence-electron chi connectivity index (χ3n) is 2.48. The van der Waals surface area contributed by atoms with E-state index in [1.165, 1.54) is 0 Å². The standard InChI is InChI=1S/C11H8F5N3/c1-3(2)10-17-11(19-18-10)4-5(12)7(14)9(16)8(15)6(4)13/h3H,1-2H3,(H,17,18,19). The smallest absolute Gasteiger partial charge is 0.200 e. The molecule has 0 unspecified atom stereocenters. The van der Waals surface area contributed by atoms with Gasteiger partial charge in [0.2, 0.25) is 5.82 Å². The molecule has 0 amide bonds. The molecule has 0 aliphatic carbocycles. The van der Waals surface area contributed by atoms with Gasteiger partial charge in [0.1, 0.15) is 5.82 Å². The number of halogens is 5. The van der Waals surface area contributed by atoms with Crippen LogP contribution < -0.4 is 0 Å². The van der Waals surface area contributed by atoms with Gasteiger partial charge >= 0.3 is 0 Å². The lowest BCUT2D eigenvalue weighted by atomic mass is 10.1. The van der Waals surface area contributed by atoms with Crippen LogP contribution in [0.15, 0.2) is 0 Å². The Morgan fingerprint density at radius 2 is 1.32 bits per heavy atom. The third kappa shape index (κ3) is 2.06. The molecule has 8 heteroatoms. The molecule has 0 aliphatic rings. The van der Waals surface area contributed by atoms with Gasteiger partial charge in [-0.25, -0.2) is 26.9 Å². The molecule has 3 nitrogen and oxygen atoms in total. The van der Waals surface area contributed by atoms with E-state index >= 15 is 0 Å². The quantitative estimate of drug-likeness (QED) is 0.520. The van der Waals surface area contributed by atoms with Crippen LogP contribution in [0.4, 0.5) is 22.0 Å². The van der Waals surface area contributed by atoms with Crippen molar-refractivity contribution < 1.29 is 22.0 Å². The zero-order chi connectivity index (χ0) is 14.3. The Bertz CT molecular complexity index is 606. The molecule has 0 aliphatic heterocycles. The van der Waals surface area contributed by atoms with Crippen molar-refractivity contribution in [2.45, 2.75) is 19.8 Å². The van der Waals surface area contributed by atoms with Gasteiger partial charge in [-0.15, -0.1) is 0 Å². The van der Waals surface area contributed by atoms with Crippen molar-refractivity contribution in [1.29, 1.82) is 0 Å². The second-order valence-corrected chi connectivity index (χ2v) is 4.14. The normalized spacial score (nSPS) is 11.4. The van der Waals surface area contributed by atoms with Crippen LogP contribution in [0.5, 0.6) is 0 Å². The fourth-order valence-corrected chi connectivity index (χ4v) is 1.45. The summed E-state index contributed by atoms with van der Waals surface area (Å²) in [5.74, 6) is -10.6. The maximum Gasteiger partial charge on any atom is 0.200 e. The van der Waals surface area contributed by atoms with Gasteiger partial charge in [0.05, 0.1) is 5.56 Å². The highest BCUT2D eigenvalue weighted by Gasteiger charge is 2.28. The number of aromatic amines is 1. The second kappa shape index (κ2) is 4.60. The van der Waals surface area contributed by atoms with Crippen molar-refractivity contribution in [3.8, 4) is 11.4 Å². The summed E-state index contributed by atoms with van der Waals surface area (Å²) in [5.41, 5.74) is -1.14. The Morgan fingerprint density at radius 3 is 1.74 bits per heavy atom. The van der Waals surface area contributed by atoms with E-state index in [2.05, 4.69) is 15.2 Å². The fraction of sp³-hybridized carbons (Fsp3) is 0.273. The summed E-state index contributed by atoms with van der Waals surface area (Å²) in [5, 5.41) is 5.85. The lowest BCUT2D eigenvalue weighted by Crippen LogP contribution is -2.04. The van der Waals surface area contributed by atoms with Crippen LogP contribution in [0.2, 0.25) is 0 Å². The van der Waals surface area contributed by atoms with E-state index in [1.54, 1.807) is 13.8 Å². The van der Waals surface area contributed by atoms with E-state index in [0.29, 0.717) is 0 Å². The van der Waals surface area contributed by atoms with Gasteiger partial charge in [-0.1, -0.05) is 13.8 Å². The highest BCUT2D eigenvalue weighted by molar-refractivity contribution is 5.57. The molecular weight excluding hydrogens is 269 g/mol. The van der Waals surface area contributed by atoms with E-state index in [1.807, 2.05) is 0 Å². The van der Waals surface area contributed by atoms with Crippen LogP contribution in [-0.4, -0.2) is 15.2 Å². The van der Waals surface area contributed by atoms with Gasteiger partial charge in [0.25, 0.3) is 0 Å². The minimum absolute atomic E-state index is 0.137. The van der Waals surface area contributed by atoms with Crippen LogP contribution in [0.25, 0.3) is 11.4 Å². The highest BCUT2D eigenvalue weighted by atomic mass is 19.2. The van der Waals surface area contributed by atoms with Crippen molar-refractivity contribution in [3.63, 3.8) is 0 Å². The number of hydrogen-bond donors (Lipinski definition) is 1. The number of rotatable bonds is 2. The molecule has 1 aromatic carbocycles. The Balaban J connectivity index is 2.68. The molecule has 0 radical (unpaired) electrons. The van der Waals surface area contributed by atoms with Gasteiger partial charge in [0, 0.05) is 5.92 Å². The van der Waals surface area contributed by atoms with Crippen molar-refractivity contribution in [3.05, 3.63) is 34.9 Å². The first-order chi connectivity index (χ1) is 8.84. The predicted molar refractivity (Wildman–Crippen MR) is 55.7 cm³/mol. The largest absolute Gasteiger partial charge is 0.262 e. The average molecular weight is 277 g/mol. The van der Waals surface area contributed by atoms with Gasteiger partial charge < -0.3 is 0 Å². The summed E-state index contributed by atoms with van der Waals surface area (Å²) in [6.07, 6.45) is 0. The van der Waals surface area contributed by atoms with Crippen molar-refractivity contribution in [1.82, 2.24) is 15.2 Å². The molecule has 0 saturated heterocycles. The first kappa shape index (κ1) is 13.4. The molecular formula is C11H8F5N3. The third-order valence-corrected chi connectivity index (χ3v) is 2.48. The first-order valence-electron chi connectivity index (χ1n) is 5.28. The van der Waals surface area contributed by atoms with E-state index < -0.39 is 40.5 Å². The van der Waals surface area contributed by atoms with E-state index in [4.69, 9.17) is 0 Å². The van der Waals surface area contributed by atoms with Crippen molar-refractivity contribution >= 4 is 0 Å². The second-order valence-electron chi connectivity index (χ2n) is 4.14.